The second kappa shape index (κ2) is 10.1. The van der Waals surface area contributed by atoms with E-state index in [1.165, 1.54) is 0 Å². The molecule has 0 unspecified atom stereocenters. The summed E-state index contributed by atoms with van der Waals surface area (Å²) in [5, 5.41) is 7.74. The Morgan fingerprint density at radius 2 is 1.47 bits per heavy atom. The van der Waals surface area contributed by atoms with Crippen molar-refractivity contribution in [1.29, 1.82) is 0 Å². The molecule has 0 atom stereocenters. The van der Waals surface area contributed by atoms with E-state index in [1.54, 1.807) is 24.3 Å². The van der Waals surface area contributed by atoms with Crippen LogP contribution in [0.25, 0.3) is 10.8 Å². The molecule has 4 aromatic rings. The van der Waals surface area contributed by atoms with Crippen molar-refractivity contribution in [3.8, 4) is 0 Å². The van der Waals surface area contributed by atoms with Crippen LogP contribution in [0, 0.1) is 0 Å². The summed E-state index contributed by atoms with van der Waals surface area (Å²) in [6.07, 6.45) is 0.538. The summed E-state index contributed by atoms with van der Waals surface area (Å²) >= 11 is 6.21. The third-order valence-corrected chi connectivity index (χ3v) is 6.38. The maximum absolute atomic E-state index is 12.9. The molecule has 36 heavy (non-hydrogen) atoms. The summed E-state index contributed by atoms with van der Waals surface area (Å²) in [4.78, 5) is 39.4. The van der Waals surface area contributed by atoms with Gasteiger partial charge in [-0.05, 0) is 47.7 Å². The predicted octanol–water partition coefficient (Wildman–Crippen LogP) is 5.57. The standard InChI is InChI=1S/C29H22ClN3O3/c30-25-26(29(36)33(28(25)35)18-17-19-7-2-1-3-8-19)31-22-15-13-21(14-16-22)27(34)32-24-12-6-10-20-9-4-5-11-23(20)24/h1-16,31H,17-18H2,(H,32,34). The van der Waals surface area contributed by atoms with Crippen molar-refractivity contribution in [2.24, 2.45) is 0 Å². The summed E-state index contributed by atoms with van der Waals surface area (Å²) < 4.78 is 0. The quantitative estimate of drug-likeness (QED) is 0.329. The molecule has 0 bridgehead atoms. The molecule has 1 aliphatic rings. The summed E-state index contributed by atoms with van der Waals surface area (Å²) in [7, 11) is 0. The van der Waals surface area contributed by atoms with Gasteiger partial charge in [0.1, 0.15) is 10.7 Å². The zero-order chi connectivity index (χ0) is 25.1. The van der Waals surface area contributed by atoms with Crippen molar-refractivity contribution < 1.29 is 14.4 Å². The molecule has 1 heterocycles. The van der Waals surface area contributed by atoms with Gasteiger partial charge in [-0.15, -0.1) is 0 Å². The van der Waals surface area contributed by atoms with Gasteiger partial charge < -0.3 is 10.6 Å². The fraction of sp³-hybridized carbons (Fsp3) is 0.0690. The average molecular weight is 496 g/mol. The molecule has 7 heteroatoms. The summed E-state index contributed by atoms with van der Waals surface area (Å²) in [5.41, 5.74) is 2.77. The zero-order valence-corrected chi connectivity index (χ0v) is 20.0. The summed E-state index contributed by atoms with van der Waals surface area (Å²) in [6.45, 7) is 0.232. The Balaban J connectivity index is 1.25. The molecule has 0 spiro atoms. The molecule has 0 aromatic heterocycles. The molecule has 0 fully saturated rings. The predicted molar refractivity (Wildman–Crippen MR) is 142 cm³/mol. The Hall–Kier alpha value is -4.42. The van der Waals surface area contributed by atoms with Gasteiger partial charge in [0.2, 0.25) is 0 Å². The first-order chi connectivity index (χ1) is 17.5. The molecular formula is C29H22ClN3O3. The average Bonchev–Trinajstić information content (AvgIpc) is 3.11. The molecule has 0 saturated carbocycles. The van der Waals surface area contributed by atoms with Gasteiger partial charge >= 0.3 is 0 Å². The number of anilines is 2. The van der Waals surface area contributed by atoms with E-state index in [4.69, 9.17) is 11.6 Å². The highest BCUT2D eigenvalue weighted by molar-refractivity contribution is 6.48. The lowest BCUT2D eigenvalue weighted by molar-refractivity contribution is -0.137. The number of amides is 3. The Labute approximate surface area is 213 Å². The Bertz CT molecular complexity index is 1490. The monoisotopic (exact) mass is 495 g/mol. The number of nitrogens with one attached hydrogen (secondary N) is 2. The number of fused-ring (bicyclic) bond motifs is 1. The van der Waals surface area contributed by atoms with Crippen LogP contribution in [0.2, 0.25) is 0 Å². The molecule has 4 aromatic carbocycles. The van der Waals surface area contributed by atoms with E-state index in [0.29, 0.717) is 17.7 Å². The van der Waals surface area contributed by atoms with Gasteiger partial charge in [-0.2, -0.15) is 0 Å². The van der Waals surface area contributed by atoms with Gasteiger partial charge in [0.15, 0.2) is 0 Å². The zero-order valence-electron chi connectivity index (χ0n) is 19.2. The minimum atomic E-state index is -0.522. The van der Waals surface area contributed by atoms with Gasteiger partial charge in [0.25, 0.3) is 17.7 Å². The third-order valence-electron chi connectivity index (χ3n) is 6.03. The first kappa shape index (κ1) is 23.3. The Morgan fingerprint density at radius 3 is 2.25 bits per heavy atom. The minimum absolute atomic E-state index is 0.0303. The van der Waals surface area contributed by atoms with Crippen molar-refractivity contribution in [3.05, 3.63) is 119 Å². The van der Waals surface area contributed by atoms with Crippen molar-refractivity contribution in [3.63, 3.8) is 0 Å². The van der Waals surface area contributed by atoms with Gasteiger partial charge in [0, 0.05) is 28.9 Å². The first-order valence-corrected chi connectivity index (χ1v) is 11.8. The number of imide groups is 1. The Kier molecular flexibility index (Phi) is 6.52. The highest BCUT2D eigenvalue weighted by atomic mass is 35.5. The highest BCUT2D eigenvalue weighted by Gasteiger charge is 2.37. The molecule has 0 aliphatic carbocycles. The van der Waals surface area contributed by atoms with Crippen LogP contribution in [0.1, 0.15) is 15.9 Å². The topological polar surface area (TPSA) is 78.5 Å². The van der Waals surface area contributed by atoms with Crippen LogP contribution in [-0.2, 0) is 16.0 Å². The van der Waals surface area contributed by atoms with Crippen LogP contribution in [0.15, 0.2) is 108 Å². The number of benzene rings is 4. The number of halogens is 1. The van der Waals surface area contributed by atoms with Crippen LogP contribution < -0.4 is 10.6 Å². The summed E-state index contributed by atoms with van der Waals surface area (Å²) in [6, 6.07) is 29.8. The summed E-state index contributed by atoms with van der Waals surface area (Å²) in [5.74, 6) is -1.25. The SMILES string of the molecule is O=C(Nc1cccc2ccccc12)c1ccc(NC2=C(Cl)C(=O)N(CCc3ccccc3)C2=O)cc1. The van der Waals surface area contributed by atoms with Gasteiger partial charge in [-0.3, -0.25) is 19.3 Å². The van der Waals surface area contributed by atoms with Crippen molar-refractivity contribution in [2.75, 3.05) is 17.2 Å². The molecule has 0 saturated heterocycles. The maximum Gasteiger partial charge on any atom is 0.278 e. The van der Waals surface area contributed by atoms with Crippen LogP contribution in [0.3, 0.4) is 0 Å². The number of nitrogens with zero attached hydrogens (tertiary/aromatic N) is 1. The fourth-order valence-electron chi connectivity index (χ4n) is 4.12. The maximum atomic E-state index is 12.9. The van der Waals surface area contributed by atoms with Crippen LogP contribution in [0.5, 0.6) is 0 Å². The number of hydrogen-bond acceptors (Lipinski definition) is 4. The van der Waals surface area contributed by atoms with Crippen LogP contribution in [-0.4, -0.2) is 29.2 Å². The second-order valence-electron chi connectivity index (χ2n) is 8.37. The smallest absolute Gasteiger partial charge is 0.278 e. The third kappa shape index (κ3) is 4.72. The molecule has 2 N–H and O–H groups in total. The molecule has 178 valence electrons. The minimum Gasteiger partial charge on any atom is -0.350 e. The lowest BCUT2D eigenvalue weighted by atomic mass is 10.1. The van der Waals surface area contributed by atoms with E-state index in [1.807, 2.05) is 72.8 Å². The molecule has 5 rings (SSSR count). The highest BCUT2D eigenvalue weighted by Crippen LogP contribution is 2.27. The normalized spacial score (nSPS) is 13.4. The Morgan fingerprint density at radius 1 is 0.778 bits per heavy atom. The number of carbonyl (C=O) groups is 3. The lowest BCUT2D eigenvalue weighted by Crippen LogP contribution is -2.34. The van der Waals surface area contributed by atoms with Crippen LogP contribution in [0.4, 0.5) is 11.4 Å². The van der Waals surface area contributed by atoms with Gasteiger partial charge in [0.05, 0.1) is 0 Å². The second-order valence-corrected chi connectivity index (χ2v) is 8.75. The molecular weight excluding hydrogens is 474 g/mol. The fourth-order valence-corrected chi connectivity index (χ4v) is 4.35. The van der Waals surface area contributed by atoms with Crippen molar-refractivity contribution >= 4 is 51.5 Å². The van der Waals surface area contributed by atoms with Crippen molar-refractivity contribution in [1.82, 2.24) is 4.90 Å². The van der Waals surface area contributed by atoms with Gasteiger partial charge in [-0.1, -0.05) is 78.3 Å². The van der Waals surface area contributed by atoms with E-state index in [9.17, 15) is 14.4 Å². The van der Waals surface area contributed by atoms with E-state index < -0.39 is 11.8 Å². The van der Waals surface area contributed by atoms with E-state index in [-0.39, 0.29) is 23.2 Å². The van der Waals surface area contributed by atoms with Gasteiger partial charge in [-0.25, -0.2) is 0 Å². The molecule has 3 amide bonds. The molecule has 1 aliphatic heterocycles. The van der Waals surface area contributed by atoms with E-state index in [0.717, 1.165) is 26.9 Å². The number of hydrogen-bond donors (Lipinski definition) is 2. The molecule has 6 nitrogen and oxygen atoms in total. The van der Waals surface area contributed by atoms with E-state index in [2.05, 4.69) is 10.6 Å². The first-order valence-electron chi connectivity index (χ1n) is 11.5. The van der Waals surface area contributed by atoms with E-state index >= 15 is 0 Å². The lowest BCUT2D eigenvalue weighted by Gasteiger charge is -2.15. The number of carbonyl (C=O) groups excluding carboxylic acids is 3. The number of rotatable bonds is 7. The van der Waals surface area contributed by atoms with Crippen LogP contribution >= 0.6 is 11.6 Å². The molecule has 0 radical (unpaired) electrons. The van der Waals surface area contributed by atoms with Crippen molar-refractivity contribution in [2.45, 2.75) is 6.42 Å². The largest absolute Gasteiger partial charge is 0.350 e.